The Labute approximate surface area is 126 Å². The molecule has 5 nitrogen and oxygen atoms in total. The van der Waals surface area contributed by atoms with E-state index in [0.29, 0.717) is 19.0 Å². The van der Waals surface area contributed by atoms with Crippen LogP contribution in [-0.2, 0) is 16.1 Å². The summed E-state index contributed by atoms with van der Waals surface area (Å²) in [4.78, 5) is 25.3. The SMILES string of the molecule is CC(C)CCNC(=O)C(=O)N(CCO)Cc1ccccc1. The van der Waals surface area contributed by atoms with Gasteiger partial charge >= 0.3 is 11.8 Å². The van der Waals surface area contributed by atoms with Gasteiger partial charge < -0.3 is 15.3 Å². The van der Waals surface area contributed by atoms with Crippen molar-refractivity contribution < 1.29 is 14.7 Å². The summed E-state index contributed by atoms with van der Waals surface area (Å²) >= 11 is 0. The van der Waals surface area contributed by atoms with Gasteiger partial charge in [0.1, 0.15) is 0 Å². The molecule has 5 heteroatoms. The Kier molecular flexibility index (Phi) is 7.46. The number of amides is 2. The number of hydrogen-bond acceptors (Lipinski definition) is 3. The van der Waals surface area contributed by atoms with Crippen LogP contribution in [0.25, 0.3) is 0 Å². The lowest BCUT2D eigenvalue weighted by atomic mass is 10.1. The predicted molar refractivity (Wildman–Crippen MR) is 81.4 cm³/mol. The molecule has 1 aromatic carbocycles. The Hall–Kier alpha value is -1.88. The molecule has 21 heavy (non-hydrogen) atoms. The van der Waals surface area contributed by atoms with Crippen molar-refractivity contribution in [3.05, 3.63) is 35.9 Å². The van der Waals surface area contributed by atoms with Gasteiger partial charge in [0, 0.05) is 19.6 Å². The van der Waals surface area contributed by atoms with E-state index in [1.54, 1.807) is 0 Å². The number of nitrogens with one attached hydrogen (secondary N) is 1. The maximum absolute atomic E-state index is 12.1. The summed E-state index contributed by atoms with van der Waals surface area (Å²) in [6, 6.07) is 9.41. The first-order chi connectivity index (χ1) is 10.0. The Bertz CT molecular complexity index is 446. The fraction of sp³-hybridized carbons (Fsp3) is 0.500. The fourth-order valence-corrected chi connectivity index (χ4v) is 1.87. The van der Waals surface area contributed by atoms with E-state index < -0.39 is 11.8 Å². The number of hydrogen-bond donors (Lipinski definition) is 2. The van der Waals surface area contributed by atoms with Crippen LogP contribution in [0.5, 0.6) is 0 Å². The Morgan fingerprint density at radius 3 is 2.48 bits per heavy atom. The van der Waals surface area contributed by atoms with Crippen molar-refractivity contribution in [2.45, 2.75) is 26.8 Å². The van der Waals surface area contributed by atoms with Gasteiger partial charge in [0.25, 0.3) is 0 Å². The molecule has 0 atom stereocenters. The van der Waals surface area contributed by atoms with Gasteiger partial charge in [-0.25, -0.2) is 0 Å². The molecule has 0 spiro atoms. The third-order valence-corrected chi connectivity index (χ3v) is 3.07. The van der Waals surface area contributed by atoms with Crippen molar-refractivity contribution >= 4 is 11.8 Å². The van der Waals surface area contributed by atoms with Gasteiger partial charge in [0.2, 0.25) is 0 Å². The molecule has 1 aromatic rings. The fourth-order valence-electron chi connectivity index (χ4n) is 1.87. The van der Waals surface area contributed by atoms with Gasteiger partial charge in [0.15, 0.2) is 0 Å². The van der Waals surface area contributed by atoms with E-state index in [1.165, 1.54) is 4.90 Å². The lowest BCUT2D eigenvalue weighted by molar-refractivity contribution is -0.146. The Morgan fingerprint density at radius 1 is 1.24 bits per heavy atom. The van der Waals surface area contributed by atoms with E-state index >= 15 is 0 Å². The normalized spacial score (nSPS) is 10.5. The minimum Gasteiger partial charge on any atom is -0.395 e. The van der Waals surface area contributed by atoms with Crippen LogP contribution in [0.4, 0.5) is 0 Å². The van der Waals surface area contributed by atoms with Gasteiger partial charge in [-0.1, -0.05) is 44.2 Å². The molecule has 0 fully saturated rings. The molecule has 2 N–H and O–H groups in total. The summed E-state index contributed by atoms with van der Waals surface area (Å²) in [7, 11) is 0. The molecule has 0 radical (unpaired) electrons. The largest absolute Gasteiger partial charge is 0.395 e. The Morgan fingerprint density at radius 2 is 1.90 bits per heavy atom. The highest BCUT2D eigenvalue weighted by Crippen LogP contribution is 2.05. The van der Waals surface area contributed by atoms with Crippen LogP contribution in [0.2, 0.25) is 0 Å². The number of rotatable bonds is 7. The molecule has 0 unspecified atom stereocenters. The molecule has 116 valence electrons. The molecule has 1 rings (SSSR count). The highest BCUT2D eigenvalue weighted by Gasteiger charge is 2.21. The second-order valence-electron chi connectivity index (χ2n) is 5.37. The lowest BCUT2D eigenvalue weighted by Crippen LogP contribution is -2.44. The zero-order valence-electron chi connectivity index (χ0n) is 12.7. The van der Waals surface area contributed by atoms with E-state index in [0.717, 1.165) is 12.0 Å². The summed E-state index contributed by atoms with van der Waals surface area (Å²) in [5.41, 5.74) is 0.925. The number of aliphatic hydroxyl groups excluding tert-OH is 1. The van der Waals surface area contributed by atoms with Gasteiger partial charge in [-0.2, -0.15) is 0 Å². The van der Waals surface area contributed by atoms with Crippen LogP contribution in [0.15, 0.2) is 30.3 Å². The van der Waals surface area contributed by atoms with Gasteiger partial charge in [-0.3, -0.25) is 9.59 Å². The molecular formula is C16H24N2O3. The topological polar surface area (TPSA) is 69.6 Å². The lowest BCUT2D eigenvalue weighted by Gasteiger charge is -2.21. The van der Waals surface area contributed by atoms with E-state index in [4.69, 9.17) is 5.11 Å². The summed E-state index contributed by atoms with van der Waals surface area (Å²) < 4.78 is 0. The molecule has 0 heterocycles. The number of benzene rings is 1. The first kappa shape index (κ1) is 17.2. The molecule has 0 aliphatic heterocycles. The van der Waals surface area contributed by atoms with E-state index in [2.05, 4.69) is 19.2 Å². The maximum atomic E-state index is 12.1. The molecule has 0 saturated heterocycles. The summed E-state index contributed by atoms with van der Waals surface area (Å²) in [5, 5.41) is 11.7. The molecular weight excluding hydrogens is 268 g/mol. The molecule has 0 aromatic heterocycles. The van der Waals surface area contributed by atoms with E-state index in [1.807, 2.05) is 30.3 Å². The monoisotopic (exact) mass is 292 g/mol. The number of carbonyl (C=O) groups is 2. The summed E-state index contributed by atoms with van der Waals surface area (Å²) in [6.07, 6.45) is 0.831. The van der Waals surface area contributed by atoms with Crippen LogP contribution < -0.4 is 5.32 Å². The first-order valence-electron chi connectivity index (χ1n) is 7.26. The highest BCUT2D eigenvalue weighted by molar-refractivity contribution is 6.34. The van der Waals surface area contributed by atoms with Gasteiger partial charge in [-0.05, 0) is 17.9 Å². The predicted octanol–water partition coefficient (Wildman–Crippen LogP) is 1.17. The average Bonchev–Trinajstić information content (AvgIpc) is 2.46. The van der Waals surface area contributed by atoms with Crippen molar-refractivity contribution in [2.75, 3.05) is 19.7 Å². The molecule has 0 saturated carbocycles. The Balaban J connectivity index is 2.58. The average molecular weight is 292 g/mol. The smallest absolute Gasteiger partial charge is 0.312 e. The second-order valence-corrected chi connectivity index (χ2v) is 5.37. The maximum Gasteiger partial charge on any atom is 0.312 e. The molecule has 0 bridgehead atoms. The number of carbonyl (C=O) groups excluding carboxylic acids is 2. The van der Waals surface area contributed by atoms with Crippen molar-refractivity contribution in [2.24, 2.45) is 5.92 Å². The minimum atomic E-state index is -0.611. The standard InChI is InChI=1S/C16H24N2O3/c1-13(2)8-9-17-15(20)16(21)18(10-11-19)12-14-6-4-3-5-7-14/h3-7,13,19H,8-12H2,1-2H3,(H,17,20). The van der Waals surface area contributed by atoms with Gasteiger partial charge in [-0.15, -0.1) is 0 Å². The highest BCUT2D eigenvalue weighted by atomic mass is 16.3. The van der Waals surface area contributed by atoms with Crippen LogP contribution in [0.3, 0.4) is 0 Å². The van der Waals surface area contributed by atoms with Crippen molar-refractivity contribution in [3.8, 4) is 0 Å². The van der Waals surface area contributed by atoms with Crippen LogP contribution in [0.1, 0.15) is 25.8 Å². The summed E-state index contributed by atoms with van der Waals surface area (Å²) in [5.74, 6) is -0.741. The van der Waals surface area contributed by atoms with E-state index in [-0.39, 0.29) is 13.2 Å². The third kappa shape index (κ3) is 6.40. The van der Waals surface area contributed by atoms with Crippen LogP contribution >= 0.6 is 0 Å². The zero-order valence-corrected chi connectivity index (χ0v) is 12.7. The van der Waals surface area contributed by atoms with Crippen molar-refractivity contribution in [1.29, 1.82) is 0 Å². The molecule has 0 aliphatic rings. The molecule has 2 amide bonds. The molecule has 0 aliphatic carbocycles. The van der Waals surface area contributed by atoms with Crippen molar-refractivity contribution in [1.82, 2.24) is 10.2 Å². The first-order valence-corrected chi connectivity index (χ1v) is 7.26. The quantitative estimate of drug-likeness (QED) is 0.741. The number of aliphatic hydroxyl groups is 1. The zero-order chi connectivity index (χ0) is 15.7. The van der Waals surface area contributed by atoms with Crippen molar-refractivity contribution in [3.63, 3.8) is 0 Å². The van der Waals surface area contributed by atoms with Gasteiger partial charge in [0.05, 0.1) is 6.61 Å². The second kappa shape index (κ2) is 9.13. The van der Waals surface area contributed by atoms with Crippen LogP contribution in [0, 0.1) is 5.92 Å². The van der Waals surface area contributed by atoms with Crippen LogP contribution in [-0.4, -0.2) is 41.5 Å². The summed E-state index contributed by atoms with van der Waals surface area (Å²) in [6.45, 7) is 4.89. The third-order valence-electron chi connectivity index (χ3n) is 3.07. The minimum absolute atomic E-state index is 0.144. The number of nitrogens with zero attached hydrogens (tertiary/aromatic N) is 1. The van der Waals surface area contributed by atoms with E-state index in [9.17, 15) is 9.59 Å².